The molecule has 0 fully saturated rings. The van der Waals surface area contributed by atoms with Crippen molar-refractivity contribution in [1.82, 2.24) is 0 Å². The molecule has 0 heterocycles. The first-order valence-electron chi connectivity index (χ1n) is 6.68. The maximum absolute atomic E-state index is 9.14. The zero-order valence-corrected chi connectivity index (χ0v) is 10.5. The largest absolute Gasteiger partial charge is 0.396 e. The lowest BCUT2D eigenvalue weighted by molar-refractivity contribution is 0.271. The Hall–Kier alpha value is -1.60. The van der Waals surface area contributed by atoms with E-state index in [4.69, 9.17) is 5.11 Å². The molecular weight excluding hydrogens is 220 g/mol. The van der Waals surface area contributed by atoms with Crippen molar-refractivity contribution in [3.05, 3.63) is 54.1 Å². The Morgan fingerprint density at radius 2 is 1.89 bits per heavy atom. The number of rotatable bonds is 3. The molecule has 0 amide bonds. The first-order valence-corrected chi connectivity index (χ1v) is 6.68. The molecule has 0 bridgehead atoms. The lowest BCUT2D eigenvalue weighted by Crippen LogP contribution is -2.01. The molecule has 1 aliphatic carbocycles. The molecule has 92 valence electrons. The van der Waals surface area contributed by atoms with Crippen molar-refractivity contribution < 1.29 is 5.11 Å². The number of hydrogen-bond donors (Lipinski definition) is 1. The summed E-state index contributed by atoms with van der Waals surface area (Å²) in [4.78, 5) is 0. The Kier molecular flexibility index (Phi) is 3.16. The zero-order valence-electron chi connectivity index (χ0n) is 10.5. The molecule has 0 aliphatic heterocycles. The van der Waals surface area contributed by atoms with Crippen LogP contribution in [0.3, 0.4) is 0 Å². The van der Waals surface area contributed by atoms with Crippen LogP contribution >= 0.6 is 0 Å². The van der Waals surface area contributed by atoms with E-state index in [1.54, 1.807) is 0 Å². The van der Waals surface area contributed by atoms with Crippen LogP contribution in [-0.2, 0) is 0 Å². The number of fused-ring (bicyclic) bond motifs is 1. The van der Waals surface area contributed by atoms with Gasteiger partial charge in [-0.15, -0.1) is 0 Å². The van der Waals surface area contributed by atoms with Crippen molar-refractivity contribution in [2.75, 3.05) is 6.61 Å². The quantitative estimate of drug-likeness (QED) is 0.856. The third kappa shape index (κ3) is 2.06. The van der Waals surface area contributed by atoms with E-state index in [0.29, 0.717) is 5.92 Å². The van der Waals surface area contributed by atoms with Crippen molar-refractivity contribution in [1.29, 1.82) is 0 Å². The molecule has 2 aromatic rings. The molecule has 0 spiro atoms. The molecule has 0 aromatic heterocycles. The van der Waals surface area contributed by atoms with Gasteiger partial charge in [-0.05, 0) is 53.2 Å². The maximum Gasteiger partial charge on any atom is 0.0436 e. The fourth-order valence-electron chi connectivity index (χ4n) is 2.94. The van der Waals surface area contributed by atoms with Gasteiger partial charge >= 0.3 is 0 Å². The minimum atomic E-state index is 0.287. The standard InChI is InChI=1S/C17H18O/c18-11-10-14-6-3-7-17(14)16-9-8-13-4-1-2-5-15(13)12-16/h1-2,4-5,7-9,12,14,18H,3,6,10-11H2/t14-/m0/s1. The monoisotopic (exact) mass is 238 g/mol. The van der Waals surface area contributed by atoms with E-state index < -0.39 is 0 Å². The highest BCUT2D eigenvalue weighted by Gasteiger charge is 2.19. The smallest absolute Gasteiger partial charge is 0.0436 e. The SMILES string of the molecule is OCC[C@@H]1CCC=C1c1ccc2ccccc2c1. The Balaban J connectivity index is 1.99. The molecule has 0 unspecified atom stereocenters. The van der Waals surface area contributed by atoms with Crippen molar-refractivity contribution in [2.24, 2.45) is 5.92 Å². The molecule has 1 atom stereocenters. The number of allylic oxidation sites excluding steroid dienone is 2. The predicted molar refractivity (Wildman–Crippen MR) is 76.4 cm³/mol. The van der Waals surface area contributed by atoms with Gasteiger partial charge in [0.2, 0.25) is 0 Å². The van der Waals surface area contributed by atoms with Crippen LogP contribution in [0.2, 0.25) is 0 Å². The molecule has 2 aromatic carbocycles. The summed E-state index contributed by atoms with van der Waals surface area (Å²) in [5.41, 5.74) is 2.75. The van der Waals surface area contributed by atoms with E-state index in [2.05, 4.69) is 48.5 Å². The highest BCUT2D eigenvalue weighted by molar-refractivity contribution is 5.86. The van der Waals surface area contributed by atoms with Crippen molar-refractivity contribution >= 4 is 16.3 Å². The number of hydrogen-bond acceptors (Lipinski definition) is 1. The molecule has 0 saturated carbocycles. The van der Waals surface area contributed by atoms with E-state index in [9.17, 15) is 0 Å². The van der Waals surface area contributed by atoms with Crippen molar-refractivity contribution in [3.63, 3.8) is 0 Å². The first kappa shape index (κ1) is 11.5. The Labute approximate surface area is 108 Å². The van der Waals surface area contributed by atoms with Gasteiger partial charge in [0.25, 0.3) is 0 Å². The molecule has 1 N–H and O–H groups in total. The van der Waals surface area contributed by atoms with Gasteiger partial charge in [-0.25, -0.2) is 0 Å². The summed E-state index contributed by atoms with van der Waals surface area (Å²) >= 11 is 0. The fraction of sp³-hybridized carbons (Fsp3) is 0.294. The van der Waals surface area contributed by atoms with Gasteiger partial charge in [-0.1, -0.05) is 42.5 Å². The van der Waals surface area contributed by atoms with Gasteiger partial charge in [0.15, 0.2) is 0 Å². The van der Waals surface area contributed by atoms with Gasteiger partial charge in [0.1, 0.15) is 0 Å². The highest BCUT2D eigenvalue weighted by atomic mass is 16.3. The minimum Gasteiger partial charge on any atom is -0.396 e. The number of benzene rings is 2. The van der Waals surface area contributed by atoms with Crippen LogP contribution in [0.15, 0.2) is 48.5 Å². The Bertz CT molecular complexity index is 583. The van der Waals surface area contributed by atoms with E-state index in [1.807, 2.05) is 0 Å². The van der Waals surface area contributed by atoms with Crippen LogP contribution in [0.25, 0.3) is 16.3 Å². The summed E-state index contributed by atoms with van der Waals surface area (Å²) < 4.78 is 0. The van der Waals surface area contributed by atoms with Gasteiger partial charge in [-0.2, -0.15) is 0 Å². The van der Waals surface area contributed by atoms with Crippen molar-refractivity contribution in [2.45, 2.75) is 19.3 Å². The summed E-state index contributed by atoms with van der Waals surface area (Å²) in [5.74, 6) is 0.538. The van der Waals surface area contributed by atoms with E-state index in [-0.39, 0.29) is 6.61 Å². The second-order valence-electron chi connectivity index (χ2n) is 5.01. The van der Waals surface area contributed by atoms with E-state index in [0.717, 1.165) is 12.8 Å². The second kappa shape index (κ2) is 4.95. The number of aliphatic hydroxyl groups is 1. The normalized spacial score (nSPS) is 19.2. The van der Waals surface area contributed by atoms with Crippen LogP contribution in [0.4, 0.5) is 0 Å². The van der Waals surface area contributed by atoms with Crippen LogP contribution in [0, 0.1) is 5.92 Å². The third-order valence-corrected chi connectivity index (χ3v) is 3.88. The Morgan fingerprint density at radius 3 is 2.72 bits per heavy atom. The molecule has 0 saturated heterocycles. The van der Waals surface area contributed by atoms with E-state index >= 15 is 0 Å². The molecule has 1 nitrogen and oxygen atoms in total. The second-order valence-corrected chi connectivity index (χ2v) is 5.01. The molecule has 1 heteroatoms. The maximum atomic E-state index is 9.14. The molecular formula is C17H18O. The lowest BCUT2D eigenvalue weighted by atomic mass is 9.91. The average Bonchev–Trinajstić information content (AvgIpc) is 2.87. The van der Waals surface area contributed by atoms with Crippen LogP contribution in [0.1, 0.15) is 24.8 Å². The van der Waals surface area contributed by atoms with E-state index in [1.165, 1.54) is 28.3 Å². The fourth-order valence-corrected chi connectivity index (χ4v) is 2.94. The molecule has 0 radical (unpaired) electrons. The van der Waals surface area contributed by atoms with Crippen molar-refractivity contribution in [3.8, 4) is 0 Å². The number of aliphatic hydroxyl groups excluding tert-OH is 1. The van der Waals surface area contributed by atoms with Gasteiger partial charge < -0.3 is 5.11 Å². The zero-order chi connectivity index (χ0) is 12.4. The van der Waals surface area contributed by atoms with Crippen LogP contribution < -0.4 is 0 Å². The Morgan fingerprint density at radius 1 is 1.06 bits per heavy atom. The van der Waals surface area contributed by atoms with Gasteiger partial charge in [-0.3, -0.25) is 0 Å². The summed E-state index contributed by atoms with van der Waals surface area (Å²) in [6, 6.07) is 15.1. The predicted octanol–water partition coefficient (Wildman–Crippen LogP) is 4.02. The van der Waals surface area contributed by atoms with Crippen LogP contribution in [-0.4, -0.2) is 11.7 Å². The molecule has 18 heavy (non-hydrogen) atoms. The van der Waals surface area contributed by atoms with Gasteiger partial charge in [0.05, 0.1) is 0 Å². The topological polar surface area (TPSA) is 20.2 Å². The summed E-state index contributed by atoms with van der Waals surface area (Å²) in [6.45, 7) is 0.287. The average molecular weight is 238 g/mol. The minimum absolute atomic E-state index is 0.287. The van der Waals surface area contributed by atoms with Crippen LogP contribution in [0.5, 0.6) is 0 Å². The first-order chi connectivity index (χ1) is 8.88. The summed E-state index contributed by atoms with van der Waals surface area (Å²) in [7, 11) is 0. The third-order valence-electron chi connectivity index (χ3n) is 3.88. The van der Waals surface area contributed by atoms with Gasteiger partial charge in [0, 0.05) is 6.61 Å². The lowest BCUT2D eigenvalue weighted by Gasteiger charge is -2.14. The molecule has 1 aliphatic rings. The summed E-state index contributed by atoms with van der Waals surface area (Å²) in [5, 5.41) is 11.7. The summed E-state index contributed by atoms with van der Waals surface area (Å²) in [6.07, 6.45) is 5.55. The molecule has 3 rings (SSSR count). The highest BCUT2D eigenvalue weighted by Crippen LogP contribution is 2.36.